The summed E-state index contributed by atoms with van der Waals surface area (Å²) in [5.41, 5.74) is 2.67. The molecular weight excluding hydrogens is 522 g/mol. The van der Waals surface area contributed by atoms with Crippen LogP contribution in [0.3, 0.4) is 0 Å². The number of anilines is 2. The zero-order valence-electron chi connectivity index (χ0n) is 23.2. The molecule has 3 heterocycles. The number of hydrogen-bond donors (Lipinski definition) is 1. The van der Waals surface area contributed by atoms with Crippen molar-refractivity contribution in [1.29, 1.82) is 0 Å². The number of carbonyl (C=O) groups is 1. The average Bonchev–Trinajstić information content (AvgIpc) is 3.49. The van der Waals surface area contributed by atoms with Gasteiger partial charge in [-0.25, -0.2) is 9.97 Å². The molecule has 0 bridgehead atoms. The van der Waals surface area contributed by atoms with Crippen LogP contribution < -0.4 is 10.2 Å². The summed E-state index contributed by atoms with van der Waals surface area (Å²) in [6.45, 7) is 6.00. The smallest absolute Gasteiger partial charge is 0.274 e. The zero-order valence-corrected chi connectivity index (χ0v) is 24.0. The molecule has 0 atom stereocenters. The van der Waals surface area contributed by atoms with E-state index in [2.05, 4.69) is 37.2 Å². The van der Waals surface area contributed by atoms with Crippen LogP contribution in [0.15, 0.2) is 60.7 Å². The molecule has 4 aromatic rings. The molecule has 1 saturated heterocycles. The predicted molar refractivity (Wildman–Crippen MR) is 160 cm³/mol. The van der Waals surface area contributed by atoms with E-state index in [-0.39, 0.29) is 5.91 Å². The van der Waals surface area contributed by atoms with Crippen LogP contribution >= 0.6 is 11.3 Å². The van der Waals surface area contributed by atoms with Crippen LogP contribution in [0.5, 0.6) is 0 Å². The molecule has 1 N–H and O–H groups in total. The molecule has 10 heteroatoms. The van der Waals surface area contributed by atoms with Crippen molar-refractivity contribution in [2.24, 2.45) is 0 Å². The van der Waals surface area contributed by atoms with Gasteiger partial charge in [0.05, 0.1) is 5.69 Å². The zero-order chi connectivity index (χ0) is 27.9. The van der Waals surface area contributed by atoms with E-state index in [0.29, 0.717) is 23.1 Å². The summed E-state index contributed by atoms with van der Waals surface area (Å²) in [6.07, 6.45) is 1.91. The molecule has 0 spiro atoms. The molecule has 0 aliphatic carbocycles. The SMILES string of the molecule is CCN(CCN(C)C)c1cc(C(=O)Nc2ccccc2-c2nnc(C3CCOCC3)s2)nc(-c2ccccc2)n1. The second kappa shape index (κ2) is 13.1. The number of para-hydroxylation sites is 1. The van der Waals surface area contributed by atoms with Gasteiger partial charge in [0.25, 0.3) is 5.91 Å². The first-order chi connectivity index (χ1) is 19.5. The molecule has 0 unspecified atom stereocenters. The Morgan fingerprint density at radius 3 is 2.50 bits per heavy atom. The fourth-order valence-electron chi connectivity index (χ4n) is 4.60. The number of carbonyl (C=O) groups excluding carboxylic acids is 1. The van der Waals surface area contributed by atoms with E-state index in [1.54, 1.807) is 17.4 Å². The number of rotatable bonds is 10. The fourth-order valence-corrected chi connectivity index (χ4v) is 5.65. The van der Waals surface area contributed by atoms with Gasteiger partial charge in [-0.15, -0.1) is 10.2 Å². The first-order valence-corrected chi connectivity index (χ1v) is 14.5. The summed E-state index contributed by atoms with van der Waals surface area (Å²) < 4.78 is 5.50. The molecular formula is C30H35N7O2S. The summed E-state index contributed by atoms with van der Waals surface area (Å²) in [5.74, 6) is 1.31. The molecule has 1 fully saturated rings. The van der Waals surface area contributed by atoms with E-state index in [9.17, 15) is 4.79 Å². The predicted octanol–water partition coefficient (Wildman–Crippen LogP) is 5.20. The number of benzene rings is 2. The van der Waals surface area contributed by atoms with Gasteiger partial charge in [0, 0.05) is 56.0 Å². The van der Waals surface area contributed by atoms with E-state index in [1.807, 2.05) is 68.7 Å². The second-order valence-electron chi connectivity index (χ2n) is 10.0. The minimum absolute atomic E-state index is 0.300. The maximum Gasteiger partial charge on any atom is 0.274 e. The number of hydrogen-bond acceptors (Lipinski definition) is 9. The Morgan fingerprint density at radius 1 is 1.00 bits per heavy atom. The second-order valence-corrected chi connectivity index (χ2v) is 11.0. The highest BCUT2D eigenvalue weighted by Gasteiger charge is 2.22. The summed E-state index contributed by atoms with van der Waals surface area (Å²) >= 11 is 1.58. The Kier molecular flexibility index (Phi) is 9.10. The minimum Gasteiger partial charge on any atom is -0.381 e. The van der Waals surface area contributed by atoms with E-state index in [4.69, 9.17) is 9.72 Å². The van der Waals surface area contributed by atoms with E-state index in [1.165, 1.54) is 0 Å². The standard InChI is InChI=1S/C30H35N7O2S/c1-4-37(17-16-36(2)3)26-20-25(31-27(33-26)21-10-6-5-7-11-21)28(38)32-24-13-9-8-12-23(24)30-35-34-29(40-30)22-14-18-39-19-15-22/h5-13,20,22H,4,14-19H2,1-3H3,(H,32,38). The van der Waals surface area contributed by atoms with E-state index < -0.39 is 0 Å². The van der Waals surface area contributed by atoms with Gasteiger partial charge < -0.3 is 19.9 Å². The lowest BCUT2D eigenvalue weighted by molar-refractivity contribution is 0.0851. The van der Waals surface area contributed by atoms with Crippen molar-refractivity contribution >= 4 is 28.7 Å². The topological polar surface area (TPSA) is 96.4 Å². The van der Waals surface area contributed by atoms with Crippen LogP contribution in [0.25, 0.3) is 22.0 Å². The maximum atomic E-state index is 13.7. The van der Waals surface area contributed by atoms with Crippen LogP contribution in [-0.2, 0) is 4.74 Å². The molecule has 1 aliphatic heterocycles. The summed E-state index contributed by atoms with van der Waals surface area (Å²) in [4.78, 5) is 27.5. The molecule has 208 valence electrons. The van der Waals surface area contributed by atoms with Crippen molar-refractivity contribution in [3.63, 3.8) is 0 Å². The van der Waals surface area contributed by atoms with Gasteiger partial charge in [-0.2, -0.15) is 0 Å². The third-order valence-electron chi connectivity index (χ3n) is 6.92. The molecule has 0 saturated carbocycles. The highest BCUT2D eigenvalue weighted by atomic mass is 32.1. The first-order valence-electron chi connectivity index (χ1n) is 13.7. The van der Waals surface area contributed by atoms with Crippen molar-refractivity contribution < 1.29 is 9.53 Å². The van der Waals surface area contributed by atoms with Gasteiger partial charge >= 0.3 is 0 Å². The molecule has 2 aromatic carbocycles. The third kappa shape index (κ3) is 6.70. The van der Waals surface area contributed by atoms with Crippen molar-refractivity contribution in [1.82, 2.24) is 25.1 Å². The van der Waals surface area contributed by atoms with E-state index >= 15 is 0 Å². The fraction of sp³-hybridized carbons (Fsp3) is 0.367. The van der Waals surface area contributed by atoms with Crippen LogP contribution in [0.2, 0.25) is 0 Å². The normalized spacial score (nSPS) is 13.9. The number of ether oxygens (including phenoxy) is 1. The molecule has 2 aromatic heterocycles. The first kappa shape index (κ1) is 27.8. The van der Waals surface area contributed by atoms with Gasteiger partial charge in [-0.3, -0.25) is 4.79 Å². The lowest BCUT2D eigenvalue weighted by Gasteiger charge is -2.24. The Labute approximate surface area is 239 Å². The van der Waals surface area contributed by atoms with Gasteiger partial charge in [0.2, 0.25) is 0 Å². The Morgan fingerprint density at radius 2 is 1.75 bits per heavy atom. The number of aromatic nitrogens is 4. The van der Waals surface area contributed by atoms with Gasteiger partial charge in [-0.1, -0.05) is 53.8 Å². The van der Waals surface area contributed by atoms with Crippen molar-refractivity contribution in [2.45, 2.75) is 25.7 Å². The van der Waals surface area contributed by atoms with Gasteiger partial charge in [0.15, 0.2) is 5.82 Å². The van der Waals surface area contributed by atoms with Crippen LogP contribution in [0.1, 0.15) is 41.2 Å². The highest BCUT2D eigenvalue weighted by molar-refractivity contribution is 7.14. The number of nitrogens with zero attached hydrogens (tertiary/aromatic N) is 6. The molecule has 40 heavy (non-hydrogen) atoms. The Hall–Kier alpha value is -3.73. The van der Waals surface area contributed by atoms with Crippen LogP contribution in [0, 0.1) is 0 Å². The van der Waals surface area contributed by atoms with Crippen molar-refractivity contribution in [3.8, 4) is 22.0 Å². The summed E-state index contributed by atoms with van der Waals surface area (Å²) in [7, 11) is 4.09. The lowest BCUT2D eigenvalue weighted by Crippen LogP contribution is -2.32. The largest absolute Gasteiger partial charge is 0.381 e. The highest BCUT2D eigenvalue weighted by Crippen LogP contribution is 2.35. The van der Waals surface area contributed by atoms with Crippen LogP contribution in [0.4, 0.5) is 11.5 Å². The lowest BCUT2D eigenvalue weighted by atomic mass is 10.0. The Bertz CT molecular complexity index is 1420. The number of amides is 1. The van der Waals surface area contributed by atoms with Crippen LogP contribution in [-0.4, -0.2) is 77.9 Å². The minimum atomic E-state index is -0.300. The number of nitrogens with one attached hydrogen (secondary N) is 1. The monoisotopic (exact) mass is 557 g/mol. The Balaban J connectivity index is 1.44. The molecule has 0 radical (unpaired) electrons. The van der Waals surface area contributed by atoms with Crippen molar-refractivity contribution in [2.75, 3.05) is 57.2 Å². The van der Waals surface area contributed by atoms with Gasteiger partial charge in [-0.05, 0) is 46.0 Å². The average molecular weight is 558 g/mol. The summed E-state index contributed by atoms with van der Waals surface area (Å²) in [6, 6.07) is 19.2. The van der Waals surface area contributed by atoms with E-state index in [0.717, 1.165) is 72.6 Å². The summed E-state index contributed by atoms with van der Waals surface area (Å²) in [5, 5.41) is 13.9. The van der Waals surface area contributed by atoms with Crippen molar-refractivity contribution in [3.05, 3.63) is 71.4 Å². The third-order valence-corrected chi connectivity index (χ3v) is 8.04. The maximum absolute atomic E-state index is 13.7. The molecule has 1 aliphatic rings. The number of likely N-dealkylation sites (N-methyl/N-ethyl adjacent to an activating group) is 2. The van der Waals surface area contributed by atoms with Gasteiger partial charge in [0.1, 0.15) is 21.5 Å². The quantitative estimate of drug-likeness (QED) is 0.284. The molecule has 5 rings (SSSR count). The molecule has 9 nitrogen and oxygen atoms in total. The molecule has 1 amide bonds.